The van der Waals surface area contributed by atoms with E-state index in [-0.39, 0.29) is 16.9 Å². The lowest BCUT2D eigenvalue weighted by molar-refractivity contribution is -0.384. The summed E-state index contributed by atoms with van der Waals surface area (Å²) < 4.78 is 11.5. The Morgan fingerprint density at radius 2 is 1.69 bits per heavy atom. The molecule has 4 amide bonds. The number of non-ortho nitro benzene ring substituents is 1. The third-order valence-corrected chi connectivity index (χ3v) is 6.16. The summed E-state index contributed by atoms with van der Waals surface area (Å²) in [5.74, 6) is -0.971. The van der Waals surface area contributed by atoms with E-state index in [9.17, 15) is 24.5 Å². The summed E-state index contributed by atoms with van der Waals surface area (Å²) in [5, 5.41) is 15.4. The molecule has 4 aromatic rings. The number of benzene rings is 4. The highest BCUT2D eigenvalue weighted by molar-refractivity contribution is 6.39. The second kappa shape index (κ2) is 10.5. The van der Waals surface area contributed by atoms with Crippen molar-refractivity contribution in [2.45, 2.75) is 6.61 Å². The number of hydrogen-bond acceptors (Lipinski definition) is 7. The van der Waals surface area contributed by atoms with Gasteiger partial charge in [0.2, 0.25) is 0 Å². The Bertz CT molecular complexity index is 1670. The topological polar surface area (TPSA) is 128 Å². The van der Waals surface area contributed by atoms with Crippen LogP contribution in [0.5, 0.6) is 11.5 Å². The van der Waals surface area contributed by atoms with E-state index in [4.69, 9.17) is 9.47 Å². The lowest BCUT2D eigenvalue weighted by atomic mass is 10.1. The fourth-order valence-corrected chi connectivity index (χ4v) is 4.27. The van der Waals surface area contributed by atoms with E-state index in [0.717, 1.165) is 22.4 Å². The number of urea groups is 1. The van der Waals surface area contributed by atoms with Crippen molar-refractivity contribution < 1.29 is 28.8 Å². The zero-order chi connectivity index (χ0) is 27.5. The van der Waals surface area contributed by atoms with Crippen LogP contribution in [0.25, 0.3) is 16.8 Å². The van der Waals surface area contributed by atoms with Gasteiger partial charge in [0.25, 0.3) is 17.5 Å². The molecule has 1 saturated heterocycles. The summed E-state index contributed by atoms with van der Waals surface area (Å²) in [6, 6.07) is 22.9. The van der Waals surface area contributed by atoms with Gasteiger partial charge in [-0.3, -0.25) is 25.0 Å². The van der Waals surface area contributed by atoms with Crippen molar-refractivity contribution >= 4 is 46.1 Å². The highest BCUT2D eigenvalue weighted by Gasteiger charge is 2.37. The van der Waals surface area contributed by atoms with Crippen molar-refractivity contribution in [3.05, 3.63) is 112 Å². The first kappa shape index (κ1) is 25.2. The number of nitrogens with one attached hydrogen (secondary N) is 1. The van der Waals surface area contributed by atoms with Gasteiger partial charge in [-0.15, -0.1) is 0 Å². The Labute approximate surface area is 222 Å². The van der Waals surface area contributed by atoms with Gasteiger partial charge in [-0.05, 0) is 46.2 Å². The first-order valence-electron chi connectivity index (χ1n) is 11.8. The van der Waals surface area contributed by atoms with E-state index in [1.54, 1.807) is 18.2 Å². The van der Waals surface area contributed by atoms with Crippen molar-refractivity contribution in [2.75, 3.05) is 12.0 Å². The number of carbonyl (C=O) groups excluding carboxylic acids is 3. The Kier molecular flexibility index (Phi) is 6.75. The van der Waals surface area contributed by atoms with Crippen molar-refractivity contribution in [3.63, 3.8) is 0 Å². The van der Waals surface area contributed by atoms with Gasteiger partial charge in [0, 0.05) is 12.1 Å². The number of rotatable bonds is 7. The average molecular weight is 524 g/mol. The van der Waals surface area contributed by atoms with Crippen molar-refractivity contribution in [1.82, 2.24) is 5.32 Å². The van der Waals surface area contributed by atoms with E-state index in [0.29, 0.717) is 28.6 Å². The third kappa shape index (κ3) is 5.03. The number of anilines is 1. The summed E-state index contributed by atoms with van der Waals surface area (Å²) in [6.45, 7) is 0.291. The van der Waals surface area contributed by atoms with Gasteiger partial charge in [0.1, 0.15) is 12.2 Å². The molecule has 0 radical (unpaired) electrons. The summed E-state index contributed by atoms with van der Waals surface area (Å²) in [4.78, 5) is 49.3. The Hall–Kier alpha value is -5.51. The number of nitro groups is 1. The molecular weight excluding hydrogens is 502 g/mol. The monoisotopic (exact) mass is 523 g/mol. The molecule has 1 aliphatic heterocycles. The number of hydrogen-bond donors (Lipinski definition) is 1. The van der Waals surface area contributed by atoms with Gasteiger partial charge in [-0.1, -0.05) is 54.6 Å². The molecule has 0 atom stereocenters. The molecule has 0 unspecified atom stereocenters. The summed E-state index contributed by atoms with van der Waals surface area (Å²) in [7, 11) is 1.47. The van der Waals surface area contributed by atoms with Crippen LogP contribution in [0.15, 0.2) is 90.5 Å². The maximum Gasteiger partial charge on any atom is 0.335 e. The van der Waals surface area contributed by atoms with E-state index in [1.165, 1.54) is 31.4 Å². The largest absolute Gasteiger partial charge is 0.493 e. The lowest BCUT2D eigenvalue weighted by Crippen LogP contribution is -2.54. The molecule has 1 N–H and O–H groups in total. The van der Waals surface area contributed by atoms with Crippen LogP contribution in [0.4, 0.5) is 16.2 Å². The Morgan fingerprint density at radius 1 is 0.923 bits per heavy atom. The van der Waals surface area contributed by atoms with Crippen LogP contribution in [-0.2, 0) is 16.2 Å². The molecule has 10 nitrogen and oxygen atoms in total. The van der Waals surface area contributed by atoms with Gasteiger partial charge in [0.05, 0.1) is 17.7 Å². The highest BCUT2D eigenvalue weighted by atomic mass is 16.6. The predicted octanol–water partition coefficient (Wildman–Crippen LogP) is 5.00. The minimum atomic E-state index is -1.00. The molecule has 10 heteroatoms. The number of ether oxygens (including phenoxy) is 2. The van der Waals surface area contributed by atoms with E-state index < -0.39 is 22.8 Å². The summed E-state index contributed by atoms with van der Waals surface area (Å²) in [5.41, 5.74) is 0.764. The Balaban J connectivity index is 1.41. The molecule has 4 aromatic carbocycles. The standard InChI is InChI=1S/C29H21N3O7/c1-38-26-15-18(12-13-25(26)39-17-20-8-4-7-19-6-2-3-11-23(19)20)14-24-27(33)30-29(35)31(28(24)34)21-9-5-10-22(16-21)32(36)37/h2-16H,17H2,1H3,(H,30,33,35)/b24-14+. The average Bonchev–Trinajstić information content (AvgIpc) is 2.94. The molecular formula is C29H21N3O7. The quantitative estimate of drug-likeness (QED) is 0.156. The summed E-state index contributed by atoms with van der Waals surface area (Å²) >= 11 is 0. The molecule has 39 heavy (non-hydrogen) atoms. The fraction of sp³-hybridized carbons (Fsp3) is 0.0690. The number of nitro benzene ring substituents is 1. The van der Waals surface area contributed by atoms with Gasteiger partial charge in [0.15, 0.2) is 11.5 Å². The second-order valence-electron chi connectivity index (χ2n) is 8.57. The molecule has 0 aliphatic carbocycles. The van der Waals surface area contributed by atoms with Crippen LogP contribution < -0.4 is 19.7 Å². The van der Waals surface area contributed by atoms with Crippen molar-refractivity contribution in [1.29, 1.82) is 0 Å². The Morgan fingerprint density at radius 3 is 2.49 bits per heavy atom. The first-order valence-corrected chi connectivity index (χ1v) is 11.8. The summed E-state index contributed by atoms with van der Waals surface area (Å²) in [6.07, 6.45) is 1.31. The number of fused-ring (bicyclic) bond motifs is 1. The normalized spacial score (nSPS) is 14.4. The van der Waals surface area contributed by atoms with Crippen LogP contribution in [0.1, 0.15) is 11.1 Å². The molecule has 1 heterocycles. The molecule has 5 rings (SSSR count). The minimum Gasteiger partial charge on any atom is -0.493 e. The number of barbiturate groups is 1. The minimum absolute atomic E-state index is 0.0418. The molecule has 0 saturated carbocycles. The van der Waals surface area contributed by atoms with Gasteiger partial charge in [-0.25, -0.2) is 9.69 Å². The third-order valence-electron chi connectivity index (χ3n) is 6.16. The fourth-order valence-electron chi connectivity index (χ4n) is 4.27. The van der Waals surface area contributed by atoms with Crippen LogP contribution in [-0.4, -0.2) is 29.9 Å². The maximum absolute atomic E-state index is 13.2. The zero-order valence-electron chi connectivity index (χ0n) is 20.6. The van der Waals surface area contributed by atoms with Crippen LogP contribution in [0.3, 0.4) is 0 Å². The number of nitrogens with zero attached hydrogens (tertiary/aromatic N) is 2. The van der Waals surface area contributed by atoms with Gasteiger partial charge >= 0.3 is 6.03 Å². The SMILES string of the molecule is COc1cc(/C=C2\C(=O)NC(=O)N(c3cccc([N+](=O)[O-])c3)C2=O)ccc1OCc1cccc2ccccc12. The molecule has 0 aromatic heterocycles. The first-order chi connectivity index (χ1) is 18.9. The van der Waals surface area contributed by atoms with Gasteiger partial charge in [-0.2, -0.15) is 0 Å². The maximum atomic E-state index is 13.2. The molecule has 0 spiro atoms. The number of carbonyl (C=O) groups is 3. The van der Waals surface area contributed by atoms with E-state index >= 15 is 0 Å². The molecule has 194 valence electrons. The van der Waals surface area contributed by atoms with Crippen molar-refractivity contribution in [2.24, 2.45) is 0 Å². The van der Waals surface area contributed by atoms with Crippen molar-refractivity contribution in [3.8, 4) is 11.5 Å². The zero-order valence-corrected chi connectivity index (χ0v) is 20.6. The lowest BCUT2D eigenvalue weighted by Gasteiger charge is -2.26. The highest BCUT2D eigenvalue weighted by Crippen LogP contribution is 2.31. The number of methoxy groups -OCH3 is 1. The van der Waals surface area contributed by atoms with Crippen LogP contribution >= 0.6 is 0 Å². The van der Waals surface area contributed by atoms with Crippen LogP contribution in [0, 0.1) is 10.1 Å². The van der Waals surface area contributed by atoms with E-state index in [1.807, 2.05) is 42.5 Å². The molecule has 1 aliphatic rings. The number of amides is 4. The predicted molar refractivity (Wildman–Crippen MR) is 143 cm³/mol. The number of imide groups is 2. The molecule has 0 bridgehead atoms. The van der Waals surface area contributed by atoms with Crippen LogP contribution in [0.2, 0.25) is 0 Å². The van der Waals surface area contributed by atoms with Gasteiger partial charge < -0.3 is 9.47 Å². The molecule has 1 fully saturated rings. The second-order valence-corrected chi connectivity index (χ2v) is 8.57. The van der Waals surface area contributed by atoms with E-state index in [2.05, 4.69) is 5.32 Å². The smallest absolute Gasteiger partial charge is 0.335 e.